The number of hydrogen-bond donors (Lipinski definition) is 1. The third kappa shape index (κ3) is 3.51. The molecule has 0 aliphatic heterocycles. The van der Waals surface area contributed by atoms with Crippen LogP contribution in [0.15, 0.2) is 58.2 Å². The van der Waals surface area contributed by atoms with Gasteiger partial charge in [0.15, 0.2) is 5.16 Å². The zero-order valence-electron chi connectivity index (χ0n) is 13.6. The van der Waals surface area contributed by atoms with Crippen LogP contribution < -0.4 is 4.74 Å². The molecule has 1 N–H and O–H groups in total. The van der Waals surface area contributed by atoms with E-state index in [-0.39, 0.29) is 0 Å². The van der Waals surface area contributed by atoms with Gasteiger partial charge >= 0.3 is 0 Å². The van der Waals surface area contributed by atoms with Gasteiger partial charge in [0.2, 0.25) is 11.7 Å². The molecular weight excluding hydrogens is 336 g/mol. The highest BCUT2D eigenvalue weighted by Crippen LogP contribution is 2.26. The summed E-state index contributed by atoms with van der Waals surface area (Å²) in [6, 6.07) is 15.6. The van der Waals surface area contributed by atoms with E-state index < -0.39 is 0 Å². The molecule has 0 radical (unpaired) electrons. The van der Waals surface area contributed by atoms with E-state index in [0.717, 1.165) is 27.5 Å². The highest BCUT2D eigenvalue weighted by molar-refractivity contribution is 7.98. The molecule has 0 aliphatic carbocycles. The van der Waals surface area contributed by atoms with Crippen molar-refractivity contribution in [1.29, 1.82) is 0 Å². The number of fused-ring (bicyclic) bond motifs is 1. The van der Waals surface area contributed by atoms with Crippen LogP contribution in [0.4, 0.5) is 0 Å². The summed E-state index contributed by atoms with van der Waals surface area (Å²) in [6.07, 6.45) is 0. The fraction of sp³-hybridized carbons (Fsp3) is 0.167. The zero-order valence-corrected chi connectivity index (χ0v) is 14.4. The van der Waals surface area contributed by atoms with Crippen molar-refractivity contribution in [3.05, 3.63) is 54.4 Å². The third-order valence-electron chi connectivity index (χ3n) is 3.58. The van der Waals surface area contributed by atoms with Gasteiger partial charge in [0, 0.05) is 11.6 Å². The van der Waals surface area contributed by atoms with E-state index in [4.69, 9.17) is 9.26 Å². The summed E-state index contributed by atoms with van der Waals surface area (Å²) in [4.78, 5) is 12.3. The summed E-state index contributed by atoms with van der Waals surface area (Å²) in [7, 11) is 0. The summed E-state index contributed by atoms with van der Waals surface area (Å²) >= 11 is 1.52. The SMILES string of the molecule is CCOc1ccc2nc(SCc3nc(-c4ccccc4)no3)[nH]c2c1. The van der Waals surface area contributed by atoms with Crippen molar-refractivity contribution in [3.63, 3.8) is 0 Å². The fourth-order valence-electron chi connectivity index (χ4n) is 2.44. The second-order valence-corrected chi connectivity index (χ2v) is 6.28. The second-order valence-electron chi connectivity index (χ2n) is 5.32. The van der Waals surface area contributed by atoms with Crippen LogP contribution in [0.25, 0.3) is 22.4 Å². The molecule has 0 saturated heterocycles. The summed E-state index contributed by atoms with van der Waals surface area (Å²) in [5.41, 5.74) is 2.79. The molecule has 0 fully saturated rings. The summed E-state index contributed by atoms with van der Waals surface area (Å²) in [6.45, 7) is 2.61. The number of nitrogens with zero attached hydrogens (tertiary/aromatic N) is 3. The number of rotatable bonds is 6. The lowest BCUT2D eigenvalue weighted by Crippen LogP contribution is -1.90. The molecule has 0 bridgehead atoms. The summed E-state index contributed by atoms with van der Waals surface area (Å²) < 4.78 is 10.8. The van der Waals surface area contributed by atoms with Gasteiger partial charge in [-0.3, -0.25) is 0 Å². The number of imidazole rings is 1. The van der Waals surface area contributed by atoms with Crippen molar-refractivity contribution in [2.45, 2.75) is 17.8 Å². The Morgan fingerprint density at radius 2 is 2.00 bits per heavy atom. The molecule has 7 heteroatoms. The van der Waals surface area contributed by atoms with Crippen molar-refractivity contribution < 1.29 is 9.26 Å². The van der Waals surface area contributed by atoms with E-state index in [1.165, 1.54) is 11.8 Å². The van der Waals surface area contributed by atoms with Crippen LogP contribution >= 0.6 is 11.8 Å². The maximum absolute atomic E-state index is 5.51. The Morgan fingerprint density at radius 1 is 1.12 bits per heavy atom. The molecular formula is C18H16N4O2S. The number of H-pyrrole nitrogens is 1. The van der Waals surface area contributed by atoms with Gasteiger partial charge < -0.3 is 14.2 Å². The maximum atomic E-state index is 5.51. The van der Waals surface area contributed by atoms with Gasteiger partial charge in [-0.2, -0.15) is 4.98 Å². The molecule has 6 nitrogen and oxygen atoms in total. The minimum absolute atomic E-state index is 0.554. The number of thioether (sulfide) groups is 1. The molecule has 2 aromatic heterocycles. The number of benzene rings is 2. The van der Waals surface area contributed by atoms with E-state index in [1.807, 2.05) is 55.5 Å². The average molecular weight is 352 g/mol. The second kappa shape index (κ2) is 6.98. The van der Waals surface area contributed by atoms with E-state index in [0.29, 0.717) is 24.1 Å². The van der Waals surface area contributed by atoms with Crippen molar-refractivity contribution in [2.75, 3.05) is 6.61 Å². The highest BCUT2D eigenvalue weighted by Gasteiger charge is 2.10. The van der Waals surface area contributed by atoms with Crippen LogP contribution in [0.5, 0.6) is 5.75 Å². The number of hydrogen-bond acceptors (Lipinski definition) is 6. The molecule has 2 heterocycles. The topological polar surface area (TPSA) is 76.8 Å². The van der Waals surface area contributed by atoms with Gasteiger partial charge in [-0.05, 0) is 19.1 Å². The summed E-state index contributed by atoms with van der Waals surface area (Å²) in [5.74, 6) is 2.55. The predicted octanol–water partition coefficient (Wildman–Crippen LogP) is 4.30. The lowest BCUT2D eigenvalue weighted by Gasteiger charge is -2.00. The molecule has 4 rings (SSSR count). The van der Waals surface area contributed by atoms with Crippen LogP contribution in [0.2, 0.25) is 0 Å². The largest absolute Gasteiger partial charge is 0.494 e. The predicted molar refractivity (Wildman–Crippen MR) is 96.6 cm³/mol. The minimum atomic E-state index is 0.554. The molecule has 0 aliphatic rings. The Balaban J connectivity index is 1.46. The van der Waals surface area contributed by atoms with Gasteiger partial charge in [0.05, 0.1) is 23.4 Å². The molecule has 126 valence electrons. The monoisotopic (exact) mass is 352 g/mol. The Bertz CT molecular complexity index is 981. The number of aromatic nitrogens is 4. The van der Waals surface area contributed by atoms with Crippen LogP contribution in [-0.2, 0) is 5.75 Å². The van der Waals surface area contributed by atoms with Crippen molar-refractivity contribution in [3.8, 4) is 17.1 Å². The van der Waals surface area contributed by atoms with E-state index >= 15 is 0 Å². The smallest absolute Gasteiger partial charge is 0.237 e. The van der Waals surface area contributed by atoms with E-state index in [9.17, 15) is 0 Å². The first kappa shape index (κ1) is 15.7. The Hall–Kier alpha value is -2.80. The van der Waals surface area contributed by atoms with Gasteiger partial charge in [0.1, 0.15) is 5.75 Å². The Labute approximate surface area is 148 Å². The Morgan fingerprint density at radius 3 is 2.84 bits per heavy atom. The molecule has 0 unspecified atom stereocenters. The lowest BCUT2D eigenvalue weighted by atomic mass is 10.2. The highest BCUT2D eigenvalue weighted by atomic mass is 32.2. The lowest BCUT2D eigenvalue weighted by molar-refractivity contribution is 0.340. The van der Waals surface area contributed by atoms with Gasteiger partial charge in [-0.15, -0.1) is 0 Å². The third-order valence-corrected chi connectivity index (χ3v) is 4.43. The first-order valence-corrected chi connectivity index (χ1v) is 8.94. The van der Waals surface area contributed by atoms with Crippen molar-refractivity contribution >= 4 is 22.8 Å². The minimum Gasteiger partial charge on any atom is -0.494 e. The van der Waals surface area contributed by atoms with Crippen LogP contribution in [0.1, 0.15) is 12.8 Å². The normalized spacial score (nSPS) is 11.1. The molecule has 25 heavy (non-hydrogen) atoms. The summed E-state index contributed by atoms with van der Waals surface area (Å²) in [5, 5.41) is 4.84. The van der Waals surface area contributed by atoms with Gasteiger partial charge in [-0.25, -0.2) is 4.98 Å². The van der Waals surface area contributed by atoms with Gasteiger partial charge in [-0.1, -0.05) is 47.3 Å². The molecule has 2 aromatic carbocycles. The van der Waals surface area contributed by atoms with Gasteiger partial charge in [0.25, 0.3) is 0 Å². The maximum Gasteiger partial charge on any atom is 0.237 e. The molecule has 0 atom stereocenters. The van der Waals surface area contributed by atoms with Crippen molar-refractivity contribution in [1.82, 2.24) is 20.1 Å². The first-order valence-electron chi connectivity index (χ1n) is 7.95. The van der Waals surface area contributed by atoms with Crippen LogP contribution in [0, 0.1) is 0 Å². The zero-order chi connectivity index (χ0) is 17.1. The average Bonchev–Trinajstić information content (AvgIpc) is 3.27. The van der Waals surface area contributed by atoms with E-state index in [1.54, 1.807) is 0 Å². The van der Waals surface area contributed by atoms with E-state index in [2.05, 4.69) is 20.1 Å². The molecule has 0 amide bonds. The molecule has 4 aromatic rings. The van der Waals surface area contributed by atoms with Crippen molar-refractivity contribution in [2.24, 2.45) is 0 Å². The van der Waals surface area contributed by atoms with Crippen LogP contribution in [-0.4, -0.2) is 26.7 Å². The standard InChI is InChI=1S/C18H16N4O2S/c1-2-23-13-8-9-14-15(10-13)20-18(19-14)25-11-16-21-17(22-24-16)12-6-4-3-5-7-12/h3-10H,2,11H2,1H3,(H,19,20). The quantitative estimate of drug-likeness (QED) is 0.521. The fourth-order valence-corrected chi connectivity index (χ4v) is 3.16. The molecule has 0 spiro atoms. The van der Waals surface area contributed by atoms with Crippen LogP contribution in [0.3, 0.4) is 0 Å². The first-order chi connectivity index (χ1) is 12.3. The Kier molecular flexibility index (Phi) is 4.39. The number of nitrogens with one attached hydrogen (secondary N) is 1. The number of aromatic amines is 1. The molecule has 0 saturated carbocycles. The number of ether oxygens (including phenoxy) is 1.